The number of carboxylic acid groups (broad SMARTS) is 1. The van der Waals surface area contributed by atoms with Crippen LogP contribution in [0.15, 0.2) is 0 Å². The van der Waals surface area contributed by atoms with Crippen LogP contribution in [0, 0.1) is 0 Å². The zero-order valence-corrected chi connectivity index (χ0v) is 10.9. The van der Waals surface area contributed by atoms with E-state index in [0.29, 0.717) is 19.8 Å². The van der Waals surface area contributed by atoms with Gasteiger partial charge in [0.2, 0.25) is 0 Å². The highest BCUT2D eigenvalue weighted by atomic mass is 16.5. The van der Waals surface area contributed by atoms with Crippen molar-refractivity contribution in [2.75, 3.05) is 26.3 Å². The number of amides is 2. The van der Waals surface area contributed by atoms with E-state index < -0.39 is 5.97 Å². The lowest BCUT2D eigenvalue weighted by atomic mass is 10.2. The summed E-state index contributed by atoms with van der Waals surface area (Å²) in [6.45, 7) is 3.13. The van der Waals surface area contributed by atoms with Gasteiger partial charge in [-0.25, -0.2) is 4.79 Å². The summed E-state index contributed by atoms with van der Waals surface area (Å²) in [6, 6.07) is -0.239. The highest BCUT2D eigenvalue weighted by molar-refractivity contribution is 5.80. The molecule has 0 radical (unpaired) electrons. The molecule has 1 aliphatic carbocycles. The van der Waals surface area contributed by atoms with Gasteiger partial charge in [-0.1, -0.05) is 12.8 Å². The molecule has 0 heterocycles. The van der Waals surface area contributed by atoms with E-state index in [0.717, 1.165) is 25.7 Å². The molecule has 1 aliphatic rings. The number of hydrogen-bond donors (Lipinski definition) is 2. The van der Waals surface area contributed by atoms with Gasteiger partial charge in [0.05, 0.1) is 6.61 Å². The molecular weight excluding hydrogens is 236 g/mol. The van der Waals surface area contributed by atoms with E-state index in [9.17, 15) is 9.59 Å². The summed E-state index contributed by atoms with van der Waals surface area (Å²) in [4.78, 5) is 24.2. The highest BCUT2D eigenvalue weighted by Gasteiger charge is 2.27. The quantitative estimate of drug-likeness (QED) is 0.669. The monoisotopic (exact) mass is 258 g/mol. The summed E-state index contributed by atoms with van der Waals surface area (Å²) in [5.41, 5.74) is 0. The summed E-state index contributed by atoms with van der Waals surface area (Å²) in [7, 11) is 0. The average Bonchev–Trinajstić information content (AvgIpc) is 2.84. The number of carbonyl (C=O) groups excluding carboxylic acids is 1. The Morgan fingerprint density at radius 3 is 2.61 bits per heavy atom. The molecule has 0 atom stereocenters. The van der Waals surface area contributed by atoms with Crippen LogP contribution in [0.3, 0.4) is 0 Å². The Balaban J connectivity index is 2.42. The van der Waals surface area contributed by atoms with Crippen molar-refractivity contribution < 1.29 is 19.4 Å². The van der Waals surface area contributed by atoms with Crippen molar-refractivity contribution in [2.24, 2.45) is 0 Å². The van der Waals surface area contributed by atoms with Gasteiger partial charge < -0.3 is 20.1 Å². The third-order valence-electron chi connectivity index (χ3n) is 3.06. The van der Waals surface area contributed by atoms with Crippen molar-refractivity contribution in [3.05, 3.63) is 0 Å². The molecule has 1 rings (SSSR count). The number of hydrogen-bond acceptors (Lipinski definition) is 3. The first-order valence-electron chi connectivity index (χ1n) is 6.49. The molecule has 0 aromatic heterocycles. The number of nitrogens with one attached hydrogen (secondary N) is 1. The van der Waals surface area contributed by atoms with Gasteiger partial charge in [0.1, 0.15) is 6.54 Å². The van der Waals surface area contributed by atoms with Crippen LogP contribution < -0.4 is 5.32 Å². The van der Waals surface area contributed by atoms with Crippen molar-refractivity contribution in [2.45, 2.75) is 38.6 Å². The first kappa shape index (κ1) is 14.8. The van der Waals surface area contributed by atoms with Crippen molar-refractivity contribution in [1.82, 2.24) is 10.2 Å². The average molecular weight is 258 g/mol. The van der Waals surface area contributed by atoms with Crippen molar-refractivity contribution in [3.8, 4) is 0 Å². The highest BCUT2D eigenvalue weighted by Crippen LogP contribution is 2.23. The smallest absolute Gasteiger partial charge is 0.323 e. The van der Waals surface area contributed by atoms with Gasteiger partial charge in [-0.3, -0.25) is 4.79 Å². The van der Waals surface area contributed by atoms with Crippen LogP contribution >= 0.6 is 0 Å². The Morgan fingerprint density at radius 2 is 2.06 bits per heavy atom. The first-order valence-corrected chi connectivity index (χ1v) is 6.49. The summed E-state index contributed by atoms with van der Waals surface area (Å²) < 4.78 is 5.12. The van der Waals surface area contributed by atoms with Crippen LogP contribution in [0.4, 0.5) is 4.79 Å². The van der Waals surface area contributed by atoms with Gasteiger partial charge in [0, 0.05) is 19.2 Å². The Morgan fingerprint density at radius 1 is 1.39 bits per heavy atom. The van der Waals surface area contributed by atoms with Crippen LogP contribution in [0.5, 0.6) is 0 Å². The molecule has 2 amide bonds. The zero-order chi connectivity index (χ0) is 13.4. The second-order valence-electron chi connectivity index (χ2n) is 4.39. The van der Waals surface area contributed by atoms with E-state index in [4.69, 9.17) is 9.84 Å². The van der Waals surface area contributed by atoms with E-state index >= 15 is 0 Å². The molecule has 0 aromatic rings. The maximum Gasteiger partial charge on any atom is 0.323 e. The second kappa shape index (κ2) is 7.92. The Hall–Kier alpha value is -1.30. The van der Waals surface area contributed by atoms with Crippen LogP contribution in [0.25, 0.3) is 0 Å². The van der Waals surface area contributed by atoms with Crippen LogP contribution in [-0.4, -0.2) is 54.4 Å². The molecule has 6 heteroatoms. The molecule has 0 aliphatic heterocycles. The molecule has 0 aromatic carbocycles. The number of carbonyl (C=O) groups is 2. The van der Waals surface area contributed by atoms with Gasteiger partial charge >= 0.3 is 12.0 Å². The van der Waals surface area contributed by atoms with Gasteiger partial charge in [0.25, 0.3) is 0 Å². The molecule has 0 saturated heterocycles. The third kappa shape index (κ3) is 4.91. The molecule has 0 unspecified atom stereocenters. The lowest BCUT2D eigenvalue weighted by molar-refractivity contribution is -0.138. The lowest BCUT2D eigenvalue weighted by Gasteiger charge is -2.27. The van der Waals surface area contributed by atoms with Crippen molar-refractivity contribution in [3.63, 3.8) is 0 Å². The number of urea groups is 1. The Labute approximate surface area is 107 Å². The fourth-order valence-corrected chi connectivity index (χ4v) is 2.20. The standard InChI is InChI=1S/C12H22N2O4/c1-2-18-8-7-13-12(17)14(9-11(15)16)10-5-3-4-6-10/h10H,2-9H2,1H3,(H,13,17)(H,15,16). The second-order valence-corrected chi connectivity index (χ2v) is 4.39. The fraction of sp³-hybridized carbons (Fsp3) is 0.833. The van der Waals surface area contributed by atoms with E-state index in [1.165, 1.54) is 4.90 Å². The van der Waals surface area contributed by atoms with Gasteiger partial charge in [-0.15, -0.1) is 0 Å². The normalized spacial score (nSPS) is 15.6. The predicted molar refractivity (Wildman–Crippen MR) is 66.5 cm³/mol. The SMILES string of the molecule is CCOCCNC(=O)N(CC(=O)O)C1CCCC1. The number of aliphatic carboxylic acids is 1. The maximum absolute atomic E-state index is 11.9. The molecule has 0 bridgehead atoms. The van der Waals surface area contributed by atoms with Gasteiger partial charge in [0.15, 0.2) is 0 Å². The summed E-state index contributed by atoms with van der Waals surface area (Å²) >= 11 is 0. The van der Waals surface area contributed by atoms with E-state index in [-0.39, 0.29) is 18.6 Å². The predicted octanol–water partition coefficient (Wildman–Crippen LogP) is 1.06. The molecule has 2 N–H and O–H groups in total. The minimum absolute atomic E-state index is 0.0631. The number of carboxylic acids is 1. The zero-order valence-electron chi connectivity index (χ0n) is 10.9. The van der Waals surface area contributed by atoms with E-state index in [2.05, 4.69) is 5.32 Å². The molecule has 1 saturated carbocycles. The summed E-state index contributed by atoms with van der Waals surface area (Å²) in [5, 5.41) is 11.6. The van der Waals surface area contributed by atoms with Crippen LogP contribution in [-0.2, 0) is 9.53 Å². The molecular formula is C12H22N2O4. The number of nitrogens with zero attached hydrogens (tertiary/aromatic N) is 1. The Kier molecular flexibility index (Phi) is 6.49. The molecule has 6 nitrogen and oxygen atoms in total. The third-order valence-corrected chi connectivity index (χ3v) is 3.06. The lowest BCUT2D eigenvalue weighted by Crippen LogP contribution is -2.48. The minimum Gasteiger partial charge on any atom is -0.480 e. The Bertz CT molecular complexity index is 277. The molecule has 104 valence electrons. The molecule has 18 heavy (non-hydrogen) atoms. The van der Waals surface area contributed by atoms with Crippen molar-refractivity contribution >= 4 is 12.0 Å². The van der Waals surface area contributed by atoms with Gasteiger partial charge in [-0.05, 0) is 19.8 Å². The number of rotatable bonds is 7. The van der Waals surface area contributed by atoms with E-state index in [1.807, 2.05) is 6.92 Å². The topological polar surface area (TPSA) is 78.9 Å². The van der Waals surface area contributed by atoms with Crippen LogP contribution in [0.2, 0.25) is 0 Å². The first-order chi connectivity index (χ1) is 8.65. The largest absolute Gasteiger partial charge is 0.480 e. The van der Waals surface area contributed by atoms with Crippen LogP contribution in [0.1, 0.15) is 32.6 Å². The fourth-order valence-electron chi connectivity index (χ4n) is 2.20. The van der Waals surface area contributed by atoms with E-state index in [1.54, 1.807) is 0 Å². The number of ether oxygens (including phenoxy) is 1. The summed E-state index contributed by atoms with van der Waals surface area (Å²) in [6.07, 6.45) is 3.92. The maximum atomic E-state index is 11.9. The van der Waals surface area contributed by atoms with Crippen molar-refractivity contribution in [1.29, 1.82) is 0 Å². The molecule has 0 spiro atoms. The van der Waals surface area contributed by atoms with Gasteiger partial charge in [-0.2, -0.15) is 0 Å². The minimum atomic E-state index is -0.971. The summed E-state index contributed by atoms with van der Waals surface area (Å²) in [5.74, 6) is -0.971. The molecule has 1 fully saturated rings.